The maximum Gasteiger partial charge on any atom is 0.417 e. The number of hydrogen-bond acceptors (Lipinski definition) is 4. The SMILES string of the molecule is CC(C)CC1(C(=C2CC2)N2CCc3ncc(C(F)(F)F)cc3C2)CCN(Cc2ccc3ccc(=O)n(C)c3c2)CC1. The molecule has 5 nitrogen and oxygen atoms in total. The van der Waals surface area contributed by atoms with E-state index in [1.807, 2.05) is 13.1 Å². The highest BCUT2D eigenvalue weighted by Gasteiger charge is 2.44. The van der Waals surface area contributed by atoms with Crippen molar-refractivity contribution in [3.8, 4) is 0 Å². The Bertz CT molecular complexity index is 1540. The van der Waals surface area contributed by atoms with E-state index in [1.54, 1.807) is 10.6 Å². The van der Waals surface area contributed by atoms with Gasteiger partial charge in [0.25, 0.3) is 5.56 Å². The number of nitrogens with zero attached hydrogens (tertiary/aromatic N) is 4. The number of pyridine rings is 2. The number of alkyl halides is 3. The molecule has 0 N–H and O–H groups in total. The Kier molecular flexibility index (Phi) is 7.25. The van der Waals surface area contributed by atoms with Gasteiger partial charge in [-0.2, -0.15) is 13.2 Å². The van der Waals surface area contributed by atoms with Crippen LogP contribution in [0.3, 0.4) is 0 Å². The van der Waals surface area contributed by atoms with Crippen molar-refractivity contribution >= 4 is 10.9 Å². The minimum Gasteiger partial charge on any atom is -0.370 e. The van der Waals surface area contributed by atoms with E-state index in [4.69, 9.17) is 0 Å². The smallest absolute Gasteiger partial charge is 0.370 e. The van der Waals surface area contributed by atoms with Crippen molar-refractivity contribution in [3.63, 3.8) is 0 Å². The van der Waals surface area contributed by atoms with Gasteiger partial charge in [-0.05, 0) is 91.4 Å². The lowest BCUT2D eigenvalue weighted by atomic mass is 9.69. The lowest BCUT2D eigenvalue weighted by Gasteiger charge is -2.49. The van der Waals surface area contributed by atoms with Crippen LogP contribution in [0.4, 0.5) is 13.2 Å². The van der Waals surface area contributed by atoms with E-state index in [0.717, 1.165) is 81.1 Å². The highest BCUT2D eigenvalue weighted by atomic mass is 19.4. The van der Waals surface area contributed by atoms with Crippen molar-refractivity contribution in [2.24, 2.45) is 18.4 Å². The molecule has 0 spiro atoms. The van der Waals surface area contributed by atoms with Gasteiger partial charge in [0, 0.05) is 62.2 Å². The molecule has 6 rings (SSSR count). The number of hydrogen-bond donors (Lipinski definition) is 0. The van der Waals surface area contributed by atoms with Crippen molar-refractivity contribution in [2.75, 3.05) is 19.6 Å². The molecule has 2 fully saturated rings. The van der Waals surface area contributed by atoms with E-state index in [9.17, 15) is 18.0 Å². The van der Waals surface area contributed by atoms with Crippen LogP contribution < -0.4 is 5.56 Å². The minimum atomic E-state index is -4.38. The van der Waals surface area contributed by atoms with Crippen molar-refractivity contribution < 1.29 is 13.2 Å². The van der Waals surface area contributed by atoms with Gasteiger partial charge in [-0.1, -0.05) is 26.0 Å². The Hall–Kier alpha value is -3.13. The quantitative estimate of drug-likeness (QED) is 0.335. The minimum absolute atomic E-state index is 0.00233. The molecule has 1 aliphatic carbocycles. The summed E-state index contributed by atoms with van der Waals surface area (Å²) in [5.41, 5.74) is 5.98. The number of allylic oxidation sites excluding steroid dienone is 2. The van der Waals surface area contributed by atoms with Gasteiger partial charge < -0.3 is 9.47 Å². The zero-order valence-electron chi connectivity index (χ0n) is 24.2. The van der Waals surface area contributed by atoms with E-state index < -0.39 is 11.7 Å². The summed E-state index contributed by atoms with van der Waals surface area (Å²) >= 11 is 0. The zero-order chi connectivity index (χ0) is 28.9. The van der Waals surface area contributed by atoms with Gasteiger partial charge in [0.15, 0.2) is 0 Å². The summed E-state index contributed by atoms with van der Waals surface area (Å²) in [7, 11) is 1.82. The molecule has 3 aromatic rings. The maximum absolute atomic E-state index is 13.5. The van der Waals surface area contributed by atoms with Crippen LogP contribution >= 0.6 is 0 Å². The van der Waals surface area contributed by atoms with Crippen LogP contribution in [0.5, 0.6) is 0 Å². The molecule has 0 unspecified atom stereocenters. The van der Waals surface area contributed by atoms with Crippen LogP contribution in [0.2, 0.25) is 0 Å². The number of aryl methyl sites for hydroxylation is 1. The Labute approximate surface area is 239 Å². The van der Waals surface area contributed by atoms with Crippen LogP contribution in [-0.2, 0) is 32.7 Å². The molecule has 41 heavy (non-hydrogen) atoms. The first-order valence-electron chi connectivity index (χ1n) is 14.9. The first-order valence-corrected chi connectivity index (χ1v) is 14.9. The first-order chi connectivity index (χ1) is 19.5. The second-order valence-corrected chi connectivity index (χ2v) is 12.7. The highest BCUT2D eigenvalue weighted by Crippen LogP contribution is 2.52. The number of benzene rings is 1. The molecular weight excluding hydrogens is 525 g/mol. The summed E-state index contributed by atoms with van der Waals surface area (Å²) < 4.78 is 42.1. The average Bonchev–Trinajstić information content (AvgIpc) is 3.76. The van der Waals surface area contributed by atoms with Crippen LogP contribution in [0, 0.1) is 11.3 Å². The largest absolute Gasteiger partial charge is 0.417 e. The third-order valence-corrected chi connectivity index (χ3v) is 9.23. The molecule has 1 aromatic carbocycles. The van der Waals surface area contributed by atoms with Gasteiger partial charge in [0.2, 0.25) is 0 Å². The molecular formula is C33H39F3N4O. The summed E-state index contributed by atoms with van der Waals surface area (Å²) in [6, 6.07) is 11.2. The van der Waals surface area contributed by atoms with Gasteiger partial charge in [-0.25, -0.2) is 0 Å². The monoisotopic (exact) mass is 564 g/mol. The zero-order valence-corrected chi connectivity index (χ0v) is 24.2. The lowest BCUT2D eigenvalue weighted by molar-refractivity contribution is -0.137. The molecule has 2 aromatic heterocycles. The second kappa shape index (κ2) is 10.6. The maximum atomic E-state index is 13.5. The molecule has 0 atom stereocenters. The van der Waals surface area contributed by atoms with Crippen molar-refractivity contribution in [1.29, 1.82) is 0 Å². The number of piperidine rings is 1. The van der Waals surface area contributed by atoms with E-state index in [2.05, 4.69) is 46.8 Å². The molecule has 0 bridgehead atoms. The number of halogens is 3. The number of fused-ring (bicyclic) bond motifs is 2. The van der Waals surface area contributed by atoms with Crippen LogP contribution in [-0.4, -0.2) is 39.0 Å². The van der Waals surface area contributed by atoms with Gasteiger partial charge >= 0.3 is 6.18 Å². The van der Waals surface area contributed by atoms with Crippen LogP contribution in [0.1, 0.15) is 68.3 Å². The molecule has 1 saturated carbocycles. The summed E-state index contributed by atoms with van der Waals surface area (Å²) in [6.45, 7) is 8.67. The van der Waals surface area contributed by atoms with Crippen molar-refractivity contribution in [2.45, 2.75) is 71.6 Å². The third kappa shape index (κ3) is 5.68. The first kappa shape index (κ1) is 28.0. The topological polar surface area (TPSA) is 41.4 Å². The van der Waals surface area contributed by atoms with Crippen molar-refractivity contribution in [1.82, 2.24) is 19.4 Å². The van der Waals surface area contributed by atoms with Gasteiger partial charge in [0.1, 0.15) is 0 Å². The van der Waals surface area contributed by atoms with Gasteiger partial charge in [-0.15, -0.1) is 0 Å². The lowest BCUT2D eigenvalue weighted by Crippen LogP contribution is -2.46. The predicted molar refractivity (Wildman–Crippen MR) is 155 cm³/mol. The molecule has 4 heterocycles. The number of likely N-dealkylation sites (tertiary alicyclic amines) is 1. The fraction of sp³-hybridized carbons (Fsp3) is 0.515. The Morgan fingerprint density at radius 3 is 2.44 bits per heavy atom. The second-order valence-electron chi connectivity index (χ2n) is 12.7. The fourth-order valence-corrected chi connectivity index (χ4v) is 7.23. The van der Waals surface area contributed by atoms with E-state index >= 15 is 0 Å². The molecule has 8 heteroatoms. The van der Waals surface area contributed by atoms with E-state index in [0.29, 0.717) is 24.4 Å². The molecule has 0 amide bonds. The summed E-state index contributed by atoms with van der Waals surface area (Å²) in [4.78, 5) is 21.3. The summed E-state index contributed by atoms with van der Waals surface area (Å²) in [5.74, 6) is 0.522. The Balaban J connectivity index is 1.23. The van der Waals surface area contributed by atoms with Crippen LogP contribution in [0.25, 0.3) is 10.9 Å². The van der Waals surface area contributed by atoms with E-state index in [-0.39, 0.29) is 11.0 Å². The van der Waals surface area contributed by atoms with Crippen LogP contribution in [0.15, 0.2) is 58.7 Å². The van der Waals surface area contributed by atoms with Gasteiger partial charge in [0.05, 0.1) is 11.1 Å². The van der Waals surface area contributed by atoms with Gasteiger partial charge in [-0.3, -0.25) is 14.7 Å². The standard InChI is InChI=1S/C33H39F3N4O/c1-22(2)18-32(11-14-39(15-12-32)20-23-4-5-24-8-9-30(41)38(3)29(24)16-23)31(25-6-7-25)40-13-10-28-26(21-40)17-27(19-37-28)33(34,35)36/h4-5,8-9,16-17,19,22H,6-7,10-15,18,20-21H2,1-3H3. The molecule has 0 radical (unpaired) electrons. The molecule has 3 aliphatic rings. The highest BCUT2D eigenvalue weighted by molar-refractivity contribution is 5.79. The van der Waals surface area contributed by atoms with Crippen molar-refractivity contribution in [3.05, 3.63) is 86.6 Å². The average molecular weight is 565 g/mol. The Morgan fingerprint density at radius 1 is 1.02 bits per heavy atom. The predicted octanol–water partition coefficient (Wildman–Crippen LogP) is 6.69. The number of aromatic nitrogens is 2. The Morgan fingerprint density at radius 2 is 1.76 bits per heavy atom. The molecule has 218 valence electrons. The summed E-state index contributed by atoms with van der Waals surface area (Å²) in [5, 5.41) is 1.06. The van der Waals surface area contributed by atoms with E-state index in [1.165, 1.54) is 22.9 Å². The fourth-order valence-electron chi connectivity index (χ4n) is 7.23. The third-order valence-electron chi connectivity index (χ3n) is 9.23. The summed E-state index contributed by atoms with van der Waals surface area (Å²) in [6.07, 6.45) is 2.65. The molecule has 1 saturated heterocycles. The normalized spacial score (nSPS) is 19.1. The molecule has 2 aliphatic heterocycles. The number of rotatable bonds is 6.